The molecule has 2 N–H and O–H groups in total. The Hall–Kier alpha value is -3.72. The van der Waals surface area contributed by atoms with Crippen LogP contribution in [0.1, 0.15) is 47.1 Å². The molecule has 0 spiro atoms. The smallest absolute Gasteiger partial charge is 0.410 e. The molecule has 1 aliphatic rings. The molecule has 1 atom stereocenters. The molecule has 3 aromatic rings. The highest BCUT2D eigenvalue weighted by Crippen LogP contribution is 2.41. The van der Waals surface area contributed by atoms with Crippen LogP contribution in [0.15, 0.2) is 54.6 Å². The van der Waals surface area contributed by atoms with Crippen molar-refractivity contribution in [3.63, 3.8) is 0 Å². The van der Waals surface area contributed by atoms with Gasteiger partial charge in [0.2, 0.25) is 0 Å². The zero-order chi connectivity index (χ0) is 24.5. The summed E-state index contributed by atoms with van der Waals surface area (Å²) < 4.78 is 18.9. The van der Waals surface area contributed by atoms with E-state index in [1.54, 1.807) is 4.90 Å². The SMILES string of the molecule is CN(C)[C@@H](COC(=O)N1Cc2c(NC(=O)c3ccc(F)cc3)n[nH]c2C1(C)C)c1ccccc1. The Morgan fingerprint density at radius 3 is 2.50 bits per heavy atom. The number of carbonyl (C=O) groups is 2. The molecule has 178 valence electrons. The van der Waals surface area contributed by atoms with E-state index in [4.69, 9.17) is 4.74 Å². The molecule has 2 amide bonds. The maximum Gasteiger partial charge on any atom is 0.410 e. The number of anilines is 1. The number of aromatic nitrogens is 2. The van der Waals surface area contributed by atoms with Crippen LogP contribution in [0.25, 0.3) is 0 Å². The van der Waals surface area contributed by atoms with Crippen molar-refractivity contribution in [1.82, 2.24) is 20.0 Å². The average molecular weight is 466 g/mol. The van der Waals surface area contributed by atoms with E-state index in [1.807, 2.05) is 63.2 Å². The van der Waals surface area contributed by atoms with Gasteiger partial charge in [-0.15, -0.1) is 0 Å². The van der Waals surface area contributed by atoms with E-state index in [0.717, 1.165) is 11.3 Å². The highest BCUT2D eigenvalue weighted by molar-refractivity contribution is 6.04. The summed E-state index contributed by atoms with van der Waals surface area (Å²) >= 11 is 0. The Bertz CT molecular complexity index is 1180. The number of fused-ring (bicyclic) bond motifs is 1. The van der Waals surface area contributed by atoms with Gasteiger partial charge in [0.15, 0.2) is 5.82 Å². The first-order chi connectivity index (χ1) is 16.2. The number of carbonyl (C=O) groups excluding carboxylic acids is 2. The molecular formula is C25H28FN5O3. The van der Waals surface area contributed by atoms with Gasteiger partial charge in [0, 0.05) is 11.1 Å². The normalized spacial score (nSPS) is 15.2. The number of nitrogens with one attached hydrogen (secondary N) is 2. The van der Waals surface area contributed by atoms with E-state index < -0.39 is 23.4 Å². The van der Waals surface area contributed by atoms with E-state index in [1.165, 1.54) is 24.3 Å². The zero-order valence-electron chi connectivity index (χ0n) is 19.6. The molecule has 2 heterocycles. The second-order valence-corrected chi connectivity index (χ2v) is 9.00. The van der Waals surface area contributed by atoms with Gasteiger partial charge in [-0.05, 0) is 57.8 Å². The van der Waals surface area contributed by atoms with Crippen molar-refractivity contribution >= 4 is 17.8 Å². The molecule has 0 radical (unpaired) electrons. The number of aromatic amines is 1. The molecule has 0 unspecified atom stereocenters. The molecule has 1 aliphatic heterocycles. The average Bonchev–Trinajstić information content (AvgIpc) is 3.32. The van der Waals surface area contributed by atoms with Crippen molar-refractivity contribution in [2.45, 2.75) is 32.0 Å². The molecule has 4 rings (SSSR count). The summed E-state index contributed by atoms with van der Waals surface area (Å²) in [6, 6.07) is 15.0. The van der Waals surface area contributed by atoms with E-state index in [-0.39, 0.29) is 19.2 Å². The molecule has 0 fully saturated rings. The molecule has 0 bridgehead atoms. The molecule has 0 saturated carbocycles. The number of rotatable bonds is 6. The lowest BCUT2D eigenvalue weighted by molar-refractivity contribution is 0.0484. The maximum absolute atomic E-state index is 13.2. The standard InChI is InChI=1S/C25H28FN5O3/c1-25(2)21-19(22(29-28-21)27-23(32)17-10-12-18(26)13-11-17)14-31(25)24(33)34-15-20(30(3)4)16-8-6-5-7-9-16/h5-13,20H,14-15H2,1-4H3,(H2,27,28,29,32)/t20-/m0/s1. The highest BCUT2D eigenvalue weighted by atomic mass is 19.1. The third kappa shape index (κ3) is 4.51. The number of hydrogen-bond donors (Lipinski definition) is 2. The van der Waals surface area contributed by atoms with Gasteiger partial charge >= 0.3 is 6.09 Å². The summed E-state index contributed by atoms with van der Waals surface area (Å²) in [6.45, 7) is 4.21. The second-order valence-electron chi connectivity index (χ2n) is 9.00. The molecule has 0 aliphatic carbocycles. The fourth-order valence-corrected chi connectivity index (χ4v) is 4.14. The number of benzene rings is 2. The Labute approximate surface area is 197 Å². The summed E-state index contributed by atoms with van der Waals surface area (Å²) in [5, 5.41) is 9.94. The predicted octanol–water partition coefficient (Wildman–Crippen LogP) is 4.29. The van der Waals surface area contributed by atoms with Crippen LogP contribution in [0.5, 0.6) is 0 Å². The lowest BCUT2D eigenvalue weighted by Crippen LogP contribution is -2.42. The van der Waals surface area contributed by atoms with Crippen LogP contribution in [0.4, 0.5) is 15.0 Å². The van der Waals surface area contributed by atoms with Crippen molar-refractivity contribution in [2.75, 3.05) is 26.0 Å². The molecule has 34 heavy (non-hydrogen) atoms. The van der Waals surface area contributed by atoms with Crippen LogP contribution in [0.3, 0.4) is 0 Å². The monoisotopic (exact) mass is 465 g/mol. The highest BCUT2D eigenvalue weighted by Gasteiger charge is 2.45. The minimum absolute atomic E-state index is 0.0825. The molecule has 9 heteroatoms. The summed E-state index contributed by atoms with van der Waals surface area (Å²) in [6.07, 6.45) is -0.451. The number of H-pyrrole nitrogens is 1. The van der Waals surface area contributed by atoms with Gasteiger partial charge in [-0.25, -0.2) is 9.18 Å². The summed E-state index contributed by atoms with van der Waals surface area (Å²) in [7, 11) is 3.88. The third-order valence-electron chi connectivity index (χ3n) is 6.20. The summed E-state index contributed by atoms with van der Waals surface area (Å²) in [5.41, 5.74) is 2.10. The van der Waals surface area contributed by atoms with Gasteiger partial charge < -0.3 is 10.1 Å². The van der Waals surface area contributed by atoms with E-state index in [9.17, 15) is 14.0 Å². The fraction of sp³-hybridized carbons (Fsp3) is 0.320. The third-order valence-corrected chi connectivity index (χ3v) is 6.20. The van der Waals surface area contributed by atoms with Crippen LogP contribution in [-0.2, 0) is 16.8 Å². The van der Waals surface area contributed by atoms with Crippen LogP contribution in [0, 0.1) is 5.82 Å². The zero-order valence-corrected chi connectivity index (χ0v) is 19.6. The minimum Gasteiger partial charge on any atom is -0.447 e. The van der Waals surface area contributed by atoms with Gasteiger partial charge in [-0.3, -0.25) is 19.7 Å². The number of halogens is 1. The fourth-order valence-electron chi connectivity index (χ4n) is 4.14. The van der Waals surface area contributed by atoms with Gasteiger partial charge in [0.25, 0.3) is 5.91 Å². The van der Waals surface area contributed by atoms with Crippen LogP contribution >= 0.6 is 0 Å². The molecule has 1 aromatic heterocycles. The van der Waals surface area contributed by atoms with Crippen molar-refractivity contribution in [2.24, 2.45) is 0 Å². The van der Waals surface area contributed by atoms with E-state index in [0.29, 0.717) is 16.9 Å². The van der Waals surface area contributed by atoms with Crippen molar-refractivity contribution < 1.29 is 18.7 Å². The number of hydrogen-bond acceptors (Lipinski definition) is 5. The maximum atomic E-state index is 13.2. The Morgan fingerprint density at radius 1 is 1.18 bits per heavy atom. The summed E-state index contributed by atoms with van der Waals surface area (Å²) in [4.78, 5) is 29.3. The van der Waals surface area contributed by atoms with Crippen molar-refractivity contribution in [1.29, 1.82) is 0 Å². The first kappa shape index (κ1) is 23.4. The lowest BCUT2D eigenvalue weighted by Gasteiger charge is -2.32. The largest absolute Gasteiger partial charge is 0.447 e. The van der Waals surface area contributed by atoms with Crippen LogP contribution < -0.4 is 5.32 Å². The molecule has 2 aromatic carbocycles. The van der Waals surface area contributed by atoms with Gasteiger partial charge in [-0.1, -0.05) is 30.3 Å². The van der Waals surface area contributed by atoms with Gasteiger partial charge in [0.05, 0.1) is 23.8 Å². The topological polar surface area (TPSA) is 90.6 Å². The number of nitrogens with zero attached hydrogens (tertiary/aromatic N) is 3. The first-order valence-corrected chi connectivity index (χ1v) is 11.0. The Kier molecular flexibility index (Phi) is 6.39. The van der Waals surface area contributed by atoms with Crippen LogP contribution in [0.2, 0.25) is 0 Å². The number of amides is 2. The molecule has 0 saturated heterocycles. The minimum atomic E-state index is -0.710. The molecule has 8 nitrogen and oxygen atoms in total. The predicted molar refractivity (Wildman–Crippen MR) is 126 cm³/mol. The Balaban J connectivity index is 1.46. The second kappa shape index (κ2) is 9.26. The summed E-state index contributed by atoms with van der Waals surface area (Å²) in [5.74, 6) is -0.496. The number of ether oxygens (including phenoxy) is 1. The van der Waals surface area contributed by atoms with Crippen LogP contribution in [-0.4, -0.2) is 52.7 Å². The number of likely N-dealkylation sites (N-methyl/N-ethyl adjacent to an activating group) is 1. The van der Waals surface area contributed by atoms with Gasteiger partial charge in [-0.2, -0.15) is 5.10 Å². The quantitative estimate of drug-likeness (QED) is 0.567. The first-order valence-electron chi connectivity index (χ1n) is 11.0. The Morgan fingerprint density at radius 2 is 1.85 bits per heavy atom. The van der Waals surface area contributed by atoms with Crippen molar-refractivity contribution in [3.8, 4) is 0 Å². The van der Waals surface area contributed by atoms with Crippen molar-refractivity contribution in [3.05, 3.63) is 82.8 Å². The van der Waals surface area contributed by atoms with Gasteiger partial charge in [0.1, 0.15) is 12.4 Å². The molecular weight excluding hydrogens is 437 g/mol. The lowest BCUT2D eigenvalue weighted by atomic mass is 10.0. The van der Waals surface area contributed by atoms with E-state index in [2.05, 4.69) is 15.5 Å². The van der Waals surface area contributed by atoms with E-state index >= 15 is 0 Å².